The molecule has 1 saturated carbocycles. The normalized spacial score (nSPS) is 26.4. The van der Waals surface area contributed by atoms with E-state index >= 15 is 0 Å². The zero-order valence-electron chi connectivity index (χ0n) is 12.5. The number of hydrogen-bond donors (Lipinski definition) is 3. The van der Waals surface area contributed by atoms with Crippen LogP contribution in [0.15, 0.2) is 6.07 Å². The molecule has 0 amide bonds. The van der Waals surface area contributed by atoms with Crippen molar-refractivity contribution in [3.8, 4) is 0 Å². The van der Waals surface area contributed by atoms with E-state index in [1.807, 2.05) is 0 Å². The second kappa shape index (κ2) is 6.39. The minimum Gasteiger partial charge on any atom is -0.388 e. The number of rotatable bonds is 5. The van der Waals surface area contributed by atoms with Crippen LogP contribution in [0.4, 0.5) is 11.6 Å². The Balaban J connectivity index is 1.96. The van der Waals surface area contributed by atoms with E-state index < -0.39 is 5.60 Å². The standard InChI is InChI=1S/C15H26N4O/c1-3-4-13-18-12(16)9-14(19-13)17-10-15(20)7-5-11(2)6-8-15/h9,11,20H,3-8,10H2,1-2H3,(H3,16,17,18,19). The minimum atomic E-state index is -0.614. The fourth-order valence-corrected chi connectivity index (χ4v) is 2.68. The highest BCUT2D eigenvalue weighted by Crippen LogP contribution is 2.31. The van der Waals surface area contributed by atoms with Gasteiger partial charge in [0.25, 0.3) is 0 Å². The summed E-state index contributed by atoms with van der Waals surface area (Å²) < 4.78 is 0. The molecule has 1 aliphatic carbocycles. The highest BCUT2D eigenvalue weighted by molar-refractivity contribution is 5.44. The Morgan fingerprint density at radius 2 is 2.10 bits per heavy atom. The van der Waals surface area contributed by atoms with Crippen molar-refractivity contribution in [1.29, 1.82) is 0 Å². The molecule has 4 N–H and O–H groups in total. The van der Waals surface area contributed by atoms with Crippen LogP contribution in [0.2, 0.25) is 0 Å². The molecule has 0 atom stereocenters. The van der Waals surface area contributed by atoms with Crippen LogP contribution < -0.4 is 11.1 Å². The second-order valence-electron chi connectivity index (χ2n) is 6.10. The van der Waals surface area contributed by atoms with Crippen molar-refractivity contribution in [2.45, 2.75) is 58.0 Å². The lowest BCUT2D eigenvalue weighted by Gasteiger charge is -2.35. The zero-order chi connectivity index (χ0) is 14.6. The average Bonchev–Trinajstić information content (AvgIpc) is 2.40. The largest absolute Gasteiger partial charge is 0.388 e. The summed E-state index contributed by atoms with van der Waals surface area (Å²) in [7, 11) is 0. The van der Waals surface area contributed by atoms with Crippen molar-refractivity contribution >= 4 is 11.6 Å². The van der Waals surface area contributed by atoms with Crippen molar-refractivity contribution in [1.82, 2.24) is 9.97 Å². The highest BCUT2D eigenvalue weighted by atomic mass is 16.3. The van der Waals surface area contributed by atoms with Crippen LogP contribution >= 0.6 is 0 Å². The topological polar surface area (TPSA) is 84.1 Å². The fourth-order valence-electron chi connectivity index (χ4n) is 2.68. The number of nitrogens with two attached hydrogens (primary N) is 1. The Morgan fingerprint density at radius 3 is 2.75 bits per heavy atom. The van der Waals surface area contributed by atoms with Gasteiger partial charge in [-0.05, 0) is 38.0 Å². The Hall–Kier alpha value is -1.36. The minimum absolute atomic E-state index is 0.482. The number of hydrogen-bond acceptors (Lipinski definition) is 5. The fraction of sp³-hybridized carbons (Fsp3) is 0.733. The molecule has 1 heterocycles. The molecular formula is C15H26N4O. The summed E-state index contributed by atoms with van der Waals surface area (Å²) in [6.07, 6.45) is 5.69. The number of aryl methyl sites for hydroxylation is 1. The van der Waals surface area contributed by atoms with Crippen LogP contribution in [-0.4, -0.2) is 27.2 Å². The molecule has 5 heteroatoms. The highest BCUT2D eigenvalue weighted by Gasteiger charge is 2.31. The molecule has 0 aromatic carbocycles. The van der Waals surface area contributed by atoms with Crippen molar-refractivity contribution in [3.05, 3.63) is 11.9 Å². The Labute approximate surface area is 121 Å². The van der Waals surface area contributed by atoms with Crippen LogP contribution in [0, 0.1) is 5.92 Å². The average molecular weight is 278 g/mol. The molecule has 1 aromatic rings. The second-order valence-corrected chi connectivity index (χ2v) is 6.10. The smallest absolute Gasteiger partial charge is 0.133 e. The summed E-state index contributed by atoms with van der Waals surface area (Å²) in [5.41, 5.74) is 5.18. The third-order valence-electron chi connectivity index (χ3n) is 4.07. The number of aliphatic hydroxyl groups is 1. The zero-order valence-corrected chi connectivity index (χ0v) is 12.5. The van der Waals surface area contributed by atoms with Gasteiger partial charge in [0.15, 0.2) is 0 Å². The summed E-state index contributed by atoms with van der Waals surface area (Å²) in [6.45, 7) is 4.86. The van der Waals surface area contributed by atoms with E-state index in [-0.39, 0.29) is 0 Å². The van der Waals surface area contributed by atoms with Gasteiger partial charge in [-0.1, -0.05) is 13.8 Å². The molecule has 0 radical (unpaired) electrons. The molecule has 20 heavy (non-hydrogen) atoms. The van der Waals surface area contributed by atoms with Crippen LogP contribution in [0.3, 0.4) is 0 Å². The molecule has 1 fully saturated rings. The van der Waals surface area contributed by atoms with Gasteiger partial charge in [0.05, 0.1) is 5.60 Å². The van der Waals surface area contributed by atoms with Crippen molar-refractivity contribution in [3.63, 3.8) is 0 Å². The van der Waals surface area contributed by atoms with Gasteiger partial charge < -0.3 is 16.2 Å². The Kier molecular flexibility index (Phi) is 4.81. The number of nitrogens with one attached hydrogen (secondary N) is 1. The van der Waals surface area contributed by atoms with Gasteiger partial charge in [0, 0.05) is 19.0 Å². The Morgan fingerprint density at radius 1 is 1.40 bits per heavy atom. The molecule has 0 saturated heterocycles. The van der Waals surface area contributed by atoms with E-state index in [1.54, 1.807) is 6.07 Å². The molecule has 0 bridgehead atoms. The van der Waals surface area contributed by atoms with Crippen molar-refractivity contribution < 1.29 is 5.11 Å². The van der Waals surface area contributed by atoms with Crippen LogP contribution in [-0.2, 0) is 6.42 Å². The molecule has 1 aromatic heterocycles. The van der Waals surface area contributed by atoms with Crippen LogP contribution in [0.25, 0.3) is 0 Å². The first-order chi connectivity index (χ1) is 9.50. The van der Waals surface area contributed by atoms with Gasteiger partial charge in [-0.3, -0.25) is 0 Å². The van der Waals surface area contributed by atoms with E-state index in [1.165, 1.54) is 0 Å². The summed E-state index contributed by atoms with van der Waals surface area (Å²) in [4.78, 5) is 8.65. The lowest BCUT2D eigenvalue weighted by atomic mass is 9.79. The van der Waals surface area contributed by atoms with E-state index in [4.69, 9.17) is 5.73 Å². The van der Waals surface area contributed by atoms with Gasteiger partial charge >= 0.3 is 0 Å². The SMILES string of the molecule is CCCc1nc(N)cc(NCC2(O)CCC(C)CC2)n1. The summed E-state index contributed by atoms with van der Waals surface area (Å²) in [5, 5.41) is 13.8. The van der Waals surface area contributed by atoms with Crippen LogP contribution in [0.1, 0.15) is 51.8 Å². The molecule has 112 valence electrons. The maximum absolute atomic E-state index is 10.6. The maximum Gasteiger partial charge on any atom is 0.133 e. The predicted octanol–water partition coefficient (Wildman–Crippen LogP) is 2.36. The van der Waals surface area contributed by atoms with Crippen molar-refractivity contribution in [2.24, 2.45) is 5.92 Å². The van der Waals surface area contributed by atoms with E-state index in [0.29, 0.717) is 18.2 Å². The van der Waals surface area contributed by atoms with Gasteiger partial charge in [-0.25, -0.2) is 9.97 Å². The third kappa shape index (κ3) is 4.07. The molecule has 0 aliphatic heterocycles. The molecule has 0 unspecified atom stereocenters. The lowest BCUT2D eigenvalue weighted by Crippen LogP contribution is -2.40. The van der Waals surface area contributed by atoms with Gasteiger partial charge in [-0.15, -0.1) is 0 Å². The van der Waals surface area contributed by atoms with Gasteiger partial charge in [0.1, 0.15) is 17.5 Å². The molecule has 1 aliphatic rings. The van der Waals surface area contributed by atoms with Crippen LogP contribution in [0.5, 0.6) is 0 Å². The number of aromatic nitrogens is 2. The summed E-state index contributed by atoms with van der Waals surface area (Å²) in [5.74, 6) is 2.68. The van der Waals surface area contributed by atoms with E-state index in [2.05, 4.69) is 29.1 Å². The van der Waals surface area contributed by atoms with E-state index in [0.717, 1.165) is 50.3 Å². The molecule has 5 nitrogen and oxygen atoms in total. The number of nitrogens with zero attached hydrogens (tertiary/aromatic N) is 2. The monoisotopic (exact) mass is 278 g/mol. The summed E-state index contributed by atoms with van der Waals surface area (Å²) >= 11 is 0. The first kappa shape index (κ1) is 15.0. The molecular weight excluding hydrogens is 252 g/mol. The van der Waals surface area contributed by atoms with Gasteiger partial charge in [-0.2, -0.15) is 0 Å². The summed E-state index contributed by atoms with van der Waals surface area (Å²) in [6, 6.07) is 1.73. The third-order valence-corrected chi connectivity index (χ3v) is 4.07. The predicted molar refractivity (Wildman–Crippen MR) is 81.5 cm³/mol. The number of anilines is 2. The molecule has 0 spiro atoms. The number of nitrogen functional groups attached to an aromatic ring is 1. The Bertz CT molecular complexity index is 441. The van der Waals surface area contributed by atoms with E-state index in [9.17, 15) is 5.11 Å². The van der Waals surface area contributed by atoms with Gasteiger partial charge in [0.2, 0.25) is 0 Å². The maximum atomic E-state index is 10.6. The quantitative estimate of drug-likeness (QED) is 0.770. The lowest BCUT2D eigenvalue weighted by molar-refractivity contribution is 0.00494. The first-order valence-corrected chi connectivity index (χ1v) is 7.60. The molecule has 2 rings (SSSR count). The van der Waals surface area contributed by atoms with Crippen molar-refractivity contribution in [2.75, 3.05) is 17.6 Å². The first-order valence-electron chi connectivity index (χ1n) is 7.60.